The summed E-state index contributed by atoms with van der Waals surface area (Å²) < 4.78 is 4.47. The molecular formula is C8H15NO4. The van der Waals surface area contributed by atoms with Gasteiger partial charge in [0.05, 0.1) is 20.1 Å². The lowest BCUT2D eigenvalue weighted by Crippen LogP contribution is -2.44. The molecular weight excluding hydrogens is 174 g/mol. The third-order valence-corrected chi connectivity index (χ3v) is 1.53. The number of hydrogen-bond acceptors (Lipinski definition) is 4. The van der Waals surface area contributed by atoms with Crippen molar-refractivity contribution < 1.29 is 19.4 Å². The number of ether oxygens (including phenoxy) is 1. The second-order valence-electron chi connectivity index (χ2n) is 3.38. The van der Waals surface area contributed by atoms with E-state index in [9.17, 15) is 9.59 Å². The van der Waals surface area contributed by atoms with Gasteiger partial charge in [0.1, 0.15) is 0 Å². The molecule has 0 aromatic heterocycles. The van der Waals surface area contributed by atoms with E-state index in [1.165, 1.54) is 7.11 Å². The van der Waals surface area contributed by atoms with Crippen molar-refractivity contribution in [3.05, 3.63) is 0 Å². The molecule has 0 aliphatic rings. The molecule has 5 nitrogen and oxygen atoms in total. The fraction of sp³-hybridized carbons (Fsp3) is 0.750. The first-order valence-corrected chi connectivity index (χ1v) is 3.91. The molecule has 5 heteroatoms. The molecule has 0 amide bonds. The zero-order valence-corrected chi connectivity index (χ0v) is 8.09. The molecule has 13 heavy (non-hydrogen) atoms. The van der Waals surface area contributed by atoms with Crippen molar-refractivity contribution in [1.29, 1.82) is 0 Å². The standard InChI is InChI=1S/C8H15NO4/c1-8(2,4-7(12)13-3)9-5-6(10)11/h9H,4-5H2,1-3H3,(H,10,11). The second-order valence-corrected chi connectivity index (χ2v) is 3.38. The van der Waals surface area contributed by atoms with Gasteiger partial charge in [-0.1, -0.05) is 0 Å². The monoisotopic (exact) mass is 189 g/mol. The smallest absolute Gasteiger partial charge is 0.317 e. The Labute approximate surface area is 77.1 Å². The summed E-state index contributed by atoms with van der Waals surface area (Å²) in [6.07, 6.45) is 0.150. The summed E-state index contributed by atoms with van der Waals surface area (Å²) in [6, 6.07) is 0. The van der Waals surface area contributed by atoms with Gasteiger partial charge in [0.15, 0.2) is 0 Å². The summed E-state index contributed by atoms with van der Waals surface area (Å²) >= 11 is 0. The van der Waals surface area contributed by atoms with E-state index >= 15 is 0 Å². The molecule has 0 rings (SSSR count). The van der Waals surface area contributed by atoms with Gasteiger partial charge in [-0.05, 0) is 13.8 Å². The molecule has 0 spiro atoms. The Morgan fingerprint density at radius 1 is 1.46 bits per heavy atom. The number of carboxylic acids is 1. The van der Waals surface area contributed by atoms with E-state index < -0.39 is 11.5 Å². The molecule has 0 bridgehead atoms. The minimum absolute atomic E-state index is 0.150. The first-order chi connectivity index (χ1) is 5.87. The summed E-state index contributed by atoms with van der Waals surface area (Å²) in [7, 11) is 1.30. The van der Waals surface area contributed by atoms with Crippen molar-refractivity contribution >= 4 is 11.9 Å². The molecule has 0 aliphatic heterocycles. The van der Waals surface area contributed by atoms with Crippen LogP contribution >= 0.6 is 0 Å². The van der Waals surface area contributed by atoms with Gasteiger partial charge in [-0.2, -0.15) is 0 Å². The molecule has 0 saturated heterocycles. The molecule has 0 unspecified atom stereocenters. The number of methoxy groups -OCH3 is 1. The largest absolute Gasteiger partial charge is 0.480 e. The molecule has 0 aliphatic carbocycles. The van der Waals surface area contributed by atoms with Crippen LogP contribution in [0.4, 0.5) is 0 Å². The first-order valence-electron chi connectivity index (χ1n) is 3.91. The fourth-order valence-electron chi connectivity index (χ4n) is 0.810. The van der Waals surface area contributed by atoms with Gasteiger partial charge in [0.25, 0.3) is 0 Å². The maximum atomic E-state index is 10.9. The molecule has 0 heterocycles. The third kappa shape index (κ3) is 6.10. The Kier molecular flexibility index (Phi) is 4.40. The van der Waals surface area contributed by atoms with Crippen molar-refractivity contribution in [2.75, 3.05) is 13.7 Å². The molecule has 0 fully saturated rings. The van der Waals surface area contributed by atoms with Crippen LogP contribution in [0, 0.1) is 0 Å². The number of carboxylic acid groups (broad SMARTS) is 1. The van der Waals surface area contributed by atoms with E-state index in [1.54, 1.807) is 13.8 Å². The van der Waals surface area contributed by atoms with Gasteiger partial charge in [0.2, 0.25) is 0 Å². The SMILES string of the molecule is COC(=O)CC(C)(C)NCC(=O)O. The van der Waals surface area contributed by atoms with E-state index in [4.69, 9.17) is 5.11 Å². The van der Waals surface area contributed by atoms with Gasteiger partial charge in [-0.15, -0.1) is 0 Å². The van der Waals surface area contributed by atoms with Crippen LogP contribution in [0.1, 0.15) is 20.3 Å². The number of esters is 1. The molecule has 0 aromatic carbocycles. The lowest BCUT2D eigenvalue weighted by molar-refractivity contribution is -0.143. The quantitative estimate of drug-likeness (QED) is 0.595. The van der Waals surface area contributed by atoms with Gasteiger partial charge in [0, 0.05) is 5.54 Å². The highest BCUT2D eigenvalue weighted by molar-refractivity contribution is 5.71. The van der Waals surface area contributed by atoms with Crippen LogP contribution in [-0.4, -0.2) is 36.2 Å². The van der Waals surface area contributed by atoms with Crippen LogP contribution < -0.4 is 5.32 Å². The summed E-state index contributed by atoms with van der Waals surface area (Å²) in [4.78, 5) is 21.1. The topological polar surface area (TPSA) is 75.6 Å². The van der Waals surface area contributed by atoms with E-state index in [2.05, 4.69) is 10.1 Å². The summed E-state index contributed by atoms with van der Waals surface area (Å²) in [5.41, 5.74) is -0.550. The lowest BCUT2D eigenvalue weighted by Gasteiger charge is -2.23. The molecule has 0 saturated carbocycles. The normalized spacial score (nSPS) is 11.0. The summed E-state index contributed by atoms with van der Waals surface area (Å²) in [5.74, 6) is -1.30. The van der Waals surface area contributed by atoms with Crippen LogP contribution in [-0.2, 0) is 14.3 Å². The molecule has 0 aromatic rings. The fourth-order valence-corrected chi connectivity index (χ4v) is 0.810. The maximum Gasteiger partial charge on any atom is 0.317 e. The lowest BCUT2D eigenvalue weighted by atomic mass is 10.0. The zero-order chi connectivity index (χ0) is 10.5. The molecule has 0 radical (unpaired) electrons. The van der Waals surface area contributed by atoms with Gasteiger partial charge in [-0.3, -0.25) is 9.59 Å². The highest BCUT2D eigenvalue weighted by atomic mass is 16.5. The van der Waals surface area contributed by atoms with Crippen LogP contribution in [0.25, 0.3) is 0 Å². The number of hydrogen-bond donors (Lipinski definition) is 2. The Balaban J connectivity index is 3.92. The van der Waals surface area contributed by atoms with Gasteiger partial charge in [-0.25, -0.2) is 0 Å². The predicted molar refractivity (Wildman–Crippen MR) is 46.4 cm³/mol. The van der Waals surface area contributed by atoms with E-state index in [0.29, 0.717) is 0 Å². The summed E-state index contributed by atoms with van der Waals surface area (Å²) in [5, 5.41) is 11.1. The average molecular weight is 189 g/mol. The minimum Gasteiger partial charge on any atom is -0.480 e. The van der Waals surface area contributed by atoms with Crippen molar-refractivity contribution in [2.45, 2.75) is 25.8 Å². The third-order valence-electron chi connectivity index (χ3n) is 1.53. The van der Waals surface area contributed by atoms with Crippen LogP contribution in [0.3, 0.4) is 0 Å². The maximum absolute atomic E-state index is 10.9. The number of carbonyl (C=O) groups excluding carboxylic acids is 1. The number of rotatable bonds is 5. The first kappa shape index (κ1) is 11.9. The minimum atomic E-state index is -0.946. The van der Waals surface area contributed by atoms with E-state index in [-0.39, 0.29) is 18.9 Å². The van der Waals surface area contributed by atoms with Gasteiger partial charge >= 0.3 is 11.9 Å². The highest BCUT2D eigenvalue weighted by Gasteiger charge is 2.22. The number of nitrogens with one attached hydrogen (secondary N) is 1. The van der Waals surface area contributed by atoms with Crippen LogP contribution in [0.5, 0.6) is 0 Å². The zero-order valence-electron chi connectivity index (χ0n) is 8.09. The second kappa shape index (κ2) is 4.81. The Hall–Kier alpha value is -1.10. The van der Waals surface area contributed by atoms with Crippen molar-refractivity contribution in [3.63, 3.8) is 0 Å². The van der Waals surface area contributed by atoms with Crippen LogP contribution in [0.15, 0.2) is 0 Å². The number of aliphatic carboxylic acids is 1. The Morgan fingerprint density at radius 3 is 2.38 bits per heavy atom. The van der Waals surface area contributed by atoms with Crippen molar-refractivity contribution in [1.82, 2.24) is 5.32 Å². The predicted octanol–water partition coefficient (Wildman–Crippen LogP) is 0.00230. The molecule has 0 atom stereocenters. The Bertz CT molecular complexity index is 200. The van der Waals surface area contributed by atoms with Crippen LogP contribution in [0.2, 0.25) is 0 Å². The Morgan fingerprint density at radius 2 is 2.00 bits per heavy atom. The molecule has 2 N–H and O–H groups in total. The van der Waals surface area contributed by atoms with E-state index in [0.717, 1.165) is 0 Å². The van der Waals surface area contributed by atoms with Crippen molar-refractivity contribution in [2.24, 2.45) is 0 Å². The molecule has 76 valence electrons. The van der Waals surface area contributed by atoms with E-state index in [1.807, 2.05) is 0 Å². The van der Waals surface area contributed by atoms with Gasteiger partial charge < -0.3 is 15.2 Å². The summed E-state index contributed by atoms with van der Waals surface area (Å²) in [6.45, 7) is 3.32. The van der Waals surface area contributed by atoms with Crippen molar-refractivity contribution in [3.8, 4) is 0 Å². The average Bonchev–Trinajstić information content (AvgIpc) is 2.00. The highest BCUT2D eigenvalue weighted by Crippen LogP contribution is 2.08. The number of carbonyl (C=O) groups is 2.